The van der Waals surface area contributed by atoms with Crippen molar-refractivity contribution in [2.24, 2.45) is 0 Å². The van der Waals surface area contributed by atoms with E-state index in [4.69, 9.17) is 4.74 Å². The molecule has 0 bridgehead atoms. The second-order valence-electron chi connectivity index (χ2n) is 9.27. The molecule has 0 spiro atoms. The quantitative estimate of drug-likeness (QED) is 0.531. The van der Waals surface area contributed by atoms with Gasteiger partial charge in [0.15, 0.2) is 0 Å². The van der Waals surface area contributed by atoms with Gasteiger partial charge >= 0.3 is 6.09 Å². The summed E-state index contributed by atoms with van der Waals surface area (Å²) in [6, 6.07) is 5.83. The summed E-state index contributed by atoms with van der Waals surface area (Å²) >= 11 is 0. The van der Waals surface area contributed by atoms with Crippen molar-refractivity contribution in [2.45, 2.75) is 84.0 Å². The molecule has 1 fully saturated rings. The minimum Gasteiger partial charge on any atom is -0.444 e. The molecule has 0 radical (unpaired) electrons. The number of nitrogens with one attached hydrogen (secondary N) is 2. The maximum Gasteiger partial charge on any atom is 0.408 e. The predicted octanol–water partition coefficient (Wildman–Crippen LogP) is 4.19. The van der Waals surface area contributed by atoms with Crippen LogP contribution in [-0.2, 0) is 14.3 Å². The number of unbranched alkanes of at least 4 members (excludes halogenated alkanes) is 1. The molecule has 0 heterocycles. The summed E-state index contributed by atoms with van der Waals surface area (Å²) in [7, 11) is 0. The number of benzene rings is 1. The van der Waals surface area contributed by atoms with Crippen molar-refractivity contribution < 1.29 is 19.1 Å². The Labute approximate surface area is 191 Å². The van der Waals surface area contributed by atoms with Crippen LogP contribution in [0.1, 0.15) is 77.5 Å². The van der Waals surface area contributed by atoms with Gasteiger partial charge in [-0.2, -0.15) is 0 Å². The molecular weight excluding hydrogens is 406 g/mol. The Morgan fingerprint density at radius 1 is 1.28 bits per heavy atom. The molecule has 2 rings (SSSR count). The van der Waals surface area contributed by atoms with Crippen molar-refractivity contribution in [3.05, 3.63) is 42.0 Å². The van der Waals surface area contributed by atoms with Gasteiger partial charge in [-0.25, -0.2) is 4.79 Å². The summed E-state index contributed by atoms with van der Waals surface area (Å²) in [4.78, 5) is 40.6. The first kappa shape index (κ1) is 25.4. The number of ether oxygens (including phenoxy) is 1. The van der Waals surface area contributed by atoms with Gasteiger partial charge in [0.25, 0.3) is 0 Å². The van der Waals surface area contributed by atoms with E-state index in [0.29, 0.717) is 6.54 Å². The Morgan fingerprint density at radius 3 is 2.53 bits per heavy atom. The first-order chi connectivity index (χ1) is 15.1. The predicted molar refractivity (Wildman–Crippen MR) is 126 cm³/mol. The van der Waals surface area contributed by atoms with E-state index in [1.54, 1.807) is 38.7 Å². The number of hydrogen-bond acceptors (Lipinski definition) is 4. The summed E-state index contributed by atoms with van der Waals surface area (Å²) in [5, 5.41) is 5.60. The van der Waals surface area contributed by atoms with Gasteiger partial charge in [0.2, 0.25) is 11.8 Å². The smallest absolute Gasteiger partial charge is 0.408 e. The van der Waals surface area contributed by atoms with Crippen LogP contribution in [0.15, 0.2) is 30.8 Å². The molecule has 1 aliphatic carbocycles. The molecule has 3 amide bonds. The summed E-state index contributed by atoms with van der Waals surface area (Å²) in [5.74, 6) is -0.526. The fourth-order valence-electron chi connectivity index (χ4n) is 3.42. The highest BCUT2D eigenvalue weighted by Crippen LogP contribution is 2.35. The minimum atomic E-state index is -0.834. The third-order valence-electron chi connectivity index (χ3n) is 5.12. The molecule has 7 nitrogen and oxygen atoms in total. The Kier molecular flexibility index (Phi) is 8.87. The number of carbonyl (C=O) groups is 3. The monoisotopic (exact) mass is 443 g/mol. The van der Waals surface area contributed by atoms with Gasteiger partial charge < -0.3 is 20.3 Å². The SMILES string of the molecule is C=Cc1cccc(C(C(=O)NCCCC)N(C(=O)C(C)NC(=O)OC(C)(C)C)C2CC2)c1. The van der Waals surface area contributed by atoms with Crippen molar-refractivity contribution in [1.82, 2.24) is 15.5 Å². The van der Waals surface area contributed by atoms with Crippen molar-refractivity contribution in [2.75, 3.05) is 6.54 Å². The maximum atomic E-state index is 13.5. The molecule has 176 valence electrons. The lowest BCUT2D eigenvalue weighted by Crippen LogP contribution is -2.52. The third-order valence-corrected chi connectivity index (χ3v) is 5.12. The first-order valence-electron chi connectivity index (χ1n) is 11.4. The van der Waals surface area contributed by atoms with Gasteiger partial charge in [-0.05, 0) is 64.2 Å². The average molecular weight is 444 g/mol. The zero-order valence-electron chi connectivity index (χ0n) is 19.9. The van der Waals surface area contributed by atoms with Gasteiger partial charge in [0.1, 0.15) is 17.7 Å². The van der Waals surface area contributed by atoms with Crippen LogP contribution in [-0.4, -0.2) is 47.0 Å². The molecule has 1 aromatic rings. The molecular formula is C25H37N3O4. The molecule has 2 N–H and O–H groups in total. The molecule has 1 aromatic carbocycles. The second-order valence-corrected chi connectivity index (χ2v) is 9.27. The van der Waals surface area contributed by atoms with Crippen LogP contribution in [0.25, 0.3) is 6.08 Å². The number of carbonyl (C=O) groups excluding carboxylic acids is 3. The van der Waals surface area contributed by atoms with E-state index in [9.17, 15) is 14.4 Å². The molecule has 7 heteroatoms. The number of hydrogen-bond donors (Lipinski definition) is 2. The van der Waals surface area contributed by atoms with Crippen LogP contribution in [0.2, 0.25) is 0 Å². The Balaban J connectivity index is 2.32. The van der Waals surface area contributed by atoms with Crippen LogP contribution in [0.4, 0.5) is 4.79 Å². The molecule has 0 saturated heterocycles. The Morgan fingerprint density at radius 2 is 1.97 bits per heavy atom. The molecule has 0 aliphatic heterocycles. The van der Waals surface area contributed by atoms with E-state index in [-0.39, 0.29) is 17.9 Å². The molecule has 1 aliphatic rings. The van der Waals surface area contributed by atoms with Crippen molar-refractivity contribution in [3.63, 3.8) is 0 Å². The summed E-state index contributed by atoms with van der Waals surface area (Å²) in [6.45, 7) is 13.3. The van der Waals surface area contributed by atoms with E-state index < -0.39 is 23.8 Å². The van der Waals surface area contributed by atoms with Crippen LogP contribution >= 0.6 is 0 Å². The van der Waals surface area contributed by atoms with E-state index in [2.05, 4.69) is 24.1 Å². The van der Waals surface area contributed by atoms with Crippen LogP contribution in [0, 0.1) is 0 Å². The van der Waals surface area contributed by atoms with Gasteiger partial charge in [-0.1, -0.05) is 44.2 Å². The standard InChI is InChI=1S/C25H37N3O4/c1-7-9-15-26-22(29)21(19-12-10-11-18(8-2)16-19)28(20-13-14-20)23(30)17(3)27-24(31)32-25(4,5)6/h8,10-12,16-17,20-21H,2,7,9,13-15H2,1,3-6H3,(H,26,29)(H,27,31). The second kappa shape index (κ2) is 11.2. The van der Waals surface area contributed by atoms with E-state index >= 15 is 0 Å². The fourth-order valence-corrected chi connectivity index (χ4v) is 3.42. The number of rotatable bonds is 10. The number of amides is 3. The lowest BCUT2D eigenvalue weighted by molar-refractivity contribution is -0.142. The van der Waals surface area contributed by atoms with Gasteiger partial charge in [-0.15, -0.1) is 0 Å². The van der Waals surface area contributed by atoms with Gasteiger partial charge in [0, 0.05) is 12.6 Å². The molecule has 2 atom stereocenters. The van der Waals surface area contributed by atoms with Crippen LogP contribution < -0.4 is 10.6 Å². The van der Waals surface area contributed by atoms with Gasteiger partial charge in [-0.3, -0.25) is 9.59 Å². The van der Waals surface area contributed by atoms with E-state index in [0.717, 1.165) is 36.8 Å². The maximum absolute atomic E-state index is 13.5. The first-order valence-corrected chi connectivity index (χ1v) is 11.4. The highest BCUT2D eigenvalue weighted by Gasteiger charge is 2.43. The lowest BCUT2D eigenvalue weighted by Gasteiger charge is -2.34. The minimum absolute atomic E-state index is 0.0419. The van der Waals surface area contributed by atoms with Crippen molar-refractivity contribution >= 4 is 24.0 Å². The summed E-state index contributed by atoms with van der Waals surface area (Å²) in [6.07, 6.45) is 4.52. The van der Waals surface area contributed by atoms with Crippen LogP contribution in [0.5, 0.6) is 0 Å². The molecule has 1 saturated carbocycles. The highest BCUT2D eigenvalue weighted by atomic mass is 16.6. The van der Waals surface area contributed by atoms with Crippen LogP contribution in [0.3, 0.4) is 0 Å². The third kappa shape index (κ3) is 7.39. The fraction of sp³-hybridized carbons (Fsp3) is 0.560. The highest BCUT2D eigenvalue weighted by molar-refractivity contribution is 5.92. The van der Waals surface area contributed by atoms with Crippen molar-refractivity contribution in [3.8, 4) is 0 Å². The molecule has 2 unspecified atom stereocenters. The lowest BCUT2D eigenvalue weighted by atomic mass is 10.00. The summed E-state index contributed by atoms with van der Waals surface area (Å²) < 4.78 is 5.29. The van der Waals surface area contributed by atoms with E-state index in [1.807, 2.05) is 24.3 Å². The Bertz CT molecular complexity index is 827. The number of alkyl carbamates (subject to hydrolysis) is 1. The summed E-state index contributed by atoms with van der Waals surface area (Å²) in [5.41, 5.74) is 0.925. The van der Waals surface area contributed by atoms with Gasteiger partial charge in [0.05, 0.1) is 0 Å². The molecule has 32 heavy (non-hydrogen) atoms. The topological polar surface area (TPSA) is 87.7 Å². The molecule has 0 aromatic heterocycles. The normalized spacial score (nSPS) is 15.3. The van der Waals surface area contributed by atoms with Crippen molar-refractivity contribution in [1.29, 1.82) is 0 Å². The van der Waals surface area contributed by atoms with E-state index in [1.165, 1.54) is 0 Å². The average Bonchev–Trinajstić information content (AvgIpc) is 3.55. The zero-order chi connectivity index (χ0) is 23.9. The zero-order valence-corrected chi connectivity index (χ0v) is 19.9. The Hall–Kier alpha value is -2.83. The largest absolute Gasteiger partial charge is 0.444 e. The number of nitrogens with zero attached hydrogens (tertiary/aromatic N) is 1.